The van der Waals surface area contributed by atoms with E-state index >= 15 is 0 Å². The molecular weight excluding hydrogens is 316 g/mol. The number of hydrogen-bond acceptors (Lipinski definition) is 3. The third kappa shape index (κ3) is 4.63. The molecule has 3 rings (SSSR count). The number of hydrogen-bond donors (Lipinski definition) is 1. The molecule has 5 heteroatoms. The van der Waals surface area contributed by atoms with Crippen molar-refractivity contribution in [2.75, 3.05) is 19.6 Å². The van der Waals surface area contributed by atoms with Gasteiger partial charge in [-0.05, 0) is 38.5 Å². The van der Waals surface area contributed by atoms with E-state index in [1.165, 1.54) is 18.4 Å². The average Bonchev–Trinajstić information content (AvgIpc) is 2.59. The summed E-state index contributed by atoms with van der Waals surface area (Å²) in [6.45, 7) is 6.01. The molecule has 2 fully saturated rings. The second-order valence-corrected chi connectivity index (χ2v) is 8.19. The van der Waals surface area contributed by atoms with Gasteiger partial charge in [-0.25, -0.2) is 0 Å². The van der Waals surface area contributed by atoms with Gasteiger partial charge in [-0.15, -0.1) is 0 Å². The van der Waals surface area contributed by atoms with Crippen molar-refractivity contribution in [2.45, 2.75) is 76.9 Å². The summed E-state index contributed by atoms with van der Waals surface area (Å²) in [4.78, 5) is 26.1. The lowest BCUT2D eigenvalue weighted by Gasteiger charge is -2.52. The van der Waals surface area contributed by atoms with Gasteiger partial charge in [0.1, 0.15) is 0 Å². The molecular formula is C20H32N2O3. The Balaban J connectivity index is 1.37. The molecule has 0 unspecified atom stereocenters. The maximum absolute atomic E-state index is 12.5. The van der Waals surface area contributed by atoms with Crippen molar-refractivity contribution < 1.29 is 14.3 Å². The maximum atomic E-state index is 12.5. The standard InChI is InChI=1S/C20H32N2O3/c1-15(2)19(24)21-14-17-13-20(25-17)8-10-22(11-9-20)18(23)12-16-6-4-3-5-7-16/h6,15,17H,3-5,7-14H2,1-2H3,(H,21,24)/t17-/m0/s1. The minimum atomic E-state index is -0.0475. The van der Waals surface area contributed by atoms with E-state index in [4.69, 9.17) is 4.74 Å². The number of allylic oxidation sites excluding steroid dienone is 1. The van der Waals surface area contributed by atoms with Gasteiger partial charge >= 0.3 is 0 Å². The second kappa shape index (κ2) is 7.90. The number of ether oxygens (including phenoxy) is 1. The zero-order valence-electron chi connectivity index (χ0n) is 15.7. The lowest BCUT2D eigenvalue weighted by atomic mass is 9.80. The van der Waals surface area contributed by atoms with Gasteiger partial charge in [0.25, 0.3) is 0 Å². The molecule has 2 aliphatic heterocycles. The Kier molecular flexibility index (Phi) is 5.82. The molecule has 3 aliphatic rings. The Morgan fingerprint density at radius 1 is 1.32 bits per heavy atom. The van der Waals surface area contributed by atoms with Gasteiger partial charge < -0.3 is 15.0 Å². The van der Waals surface area contributed by atoms with Crippen LogP contribution >= 0.6 is 0 Å². The zero-order valence-corrected chi connectivity index (χ0v) is 15.7. The van der Waals surface area contributed by atoms with Crippen molar-refractivity contribution in [3.63, 3.8) is 0 Å². The van der Waals surface area contributed by atoms with Crippen molar-refractivity contribution in [1.29, 1.82) is 0 Å². The lowest BCUT2D eigenvalue weighted by molar-refractivity contribution is -0.222. The molecule has 0 aromatic carbocycles. The summed E-state index contributed by atoms with van der Waals surface area (Å²) in [5.74, 6) is 0.382. The van der Waals surface area contributed by atoms with Crippen LogP contribution in [-0.2, 0) is 14.3 Å². The van der Waals surface area contributed by atoms with Crippen LogP contribution in [-0.4, -0.2) is 48.1 Å². The average molecular weight is 348 g/mol. The van der Waals surface area contributed by atoms with Crippen LogP contribution in [0.4, 0.5) is 0 Å². The van der Waals surface area contributed by atoms with Crippen molar-refractivity contribution >= 4 is 11.8 Å². The summed E-state index contributed by atoms with van der Waals surface area (Å²) in [7, 11) is 0. The number of carbonyl (C=O) groups is 2. The molecule has 1 N–H and O–H groups in total. The molecule has 1 atom stereocenters. The Bertz CT molecular complexity index is 525. The van der Waals surface area contributed by atoms with Crippen molar-refractivity contribution in [3.8, 4) is 0 Å². The van der Waals surface area contributed by atoms with Crippen LogP contribution in [0, 0.1) is 5.92 Å². The third-order valence-electron chi connectivity index (χ3n) is 5.84. The normalized spacial score (nSPS) is 25.5. The van der Waals surface area contributed by atoms with Gasteiger partial charge in [0.15, 0.2) is 0 Å². The van der Waals surface area contributed by atoms with Crippen molar-refractivity contribution in [3.05, 3.63) is 11.6 Å². The predicted molar refractivity (Wildman–Crippen MR) is 97.1 cm³/mol. The Labute approximate surface area is 151 Å². The SMILES string of the molecule is CC(C)C(=O)NC[C@@H]1CC2(CCN(C(=O)CC3=CCCCC3)CC2)O1. The predicted octanol–water partition coefficient (Wildman–Crippen LogP) is 2.80. The van der Waals surface area contributed by atoms with Crippen LogP contribution in [0.2, 0.25) is 0 Å². The van der Waals surface area contributed by atoms with E-state index in [-0.39, 0.29) is 29.4 Å². The molecule has 1 spiro atoms. The van der Waals surface area contributed by atoms with Crippen LogP contribution in [0.25, 0.3) is 0 Å². The van der Waals surface area contributed by atoms with E-state index < -0.39 is 0 Å². The maximum Gasteiger partial charge on any atom is 0.226 e. The van der Waals surface area contributed by atoms with E-state index in [2.05, 4.69) is 11.4 Å². The van der Waals surface area contributed by atoms with E-state index in [0.29, 0.717) is 13.0 Å². The quantitative estimate of drug-likeness (QED) is 0.777. The fraction of sp³-hybridized carbons (Fsp3) is 0.800. The number of piperidine rings is 1. The molecule has 2 saturated heterocycles. The number of nitrogens with one attached hydrogen (secondary N) is 1. The molecule has 0 bridgehead atoms. The van der Waals surface area contributed by atoms with Crippen LogP contribution < -0.4 is 5.32 Å². The second-order valence-electron chi connectivity index (χ2n) is 8.19. The van der Waals surface area contributed by atoms with Gasteiger partial charge in [-0.3, -0.25) is 9.59 Å². The van der Waals surface area contributed by atoms with Gasteiger partial charge in [0.05, 0.1) is 11.7 Å². The fourth-order valence-corrected chi connectivity index (χ4v) is 4.15. The summed E-state index contributed by atoms with van der Waals surface area (Å²) in [5.41, 5.74) is 1.28. The first-order chi connectivity index (χ1) is 12.0. The zero-order chi connectivity index (χ0) is 17.9. The van der Waals surface area contributed by atoms with Crippen LogP contribution in [0.5, 0.6) is 0 Å². The summed E-state index contributed by atoms with van der Waals surface area (Å²) >= 11 is 0. The molecule has 2 amide bonds. The van der Waals surface area contributed by atoms with Crippen LogP contribution in [0.3, 0.4) is 0 Å². The van der Waals surface area contributed by atoms with Crippen molar-refractivity contribution in [1.82, 2.24) is 10.2 Å². The van der Waals surface area contributed by atoms with Crippen molar-refractivity contribution in [2.24, 2.45) is 5.92 Å². The van der Waals surface area contributed by atoms with Gasteiger partial charge in [-0.1, -0.05) is 25.5 Å². The van der Waals surface area contributed by atoms with Gasteiger partial charge in [0, 0.05) is 38.4 Å². The molecule has 2 heterocycles. The highest BCUT2D eigenvalue weighted by atomic mass is 16.5. The van der Waals surface area contributed by atoms with Crippen LogP contribution in [0.15, 0.2) is 11.6 Å². The smallest absolute Gasteiger partial charge is 0.226 e. The Morgan fingerprint density at radius 2 is 2.04 bits per heavy atom. The van der Waals surface area contributed by atoms with Gasteiger partial charge in [0.2, 0.25) is 11.8 Å². The summed E-state index contributed by atoms with van der Waals surface area (Å²) in [5, 5.41) is 2.94. The molecule has 140 valence electrons. The van der Waals surface area contributed by atoms with E-state index in [1.54, 1.807) is 0 Å². The lowest BCUT2D eigenvalue weighted by Crippen LogP contribution is -2.59. The molecule has 1 aliphatic carbocycles. The molecule has 0 radical (unpaired) electrons. The number of carbonyl (C=O) groups excluding carboxylic acids is 2. The molecule has 5 nitrogen and oxygen atoms in total. The Hall–Kier alpha value is -1.36. The molecule has 0 aromatic heterocycles. The monoisotopic (exact) mass is 348 g/mol. The summed E-state index contributed by atoms with van der Waals surface area (Å²) in [6.07, 6.45) is 10.6. The minimum absolute atomic E-state index is 0.0163. The van der Waals surface area contributed by atoms with Crippen LogP contribution in [0.1, 0.15) is 65.2 Å². The topological polar surface area (TPSA) is 58.6 Å². The largest absolute Gasteiger partial charge is 0.370 e. The Morgan fingerprint density at radius 3 is 2.64 bits per heavy atom. The minimum Gasteiger partial charge on any atom is -0.370 e. The number of likely N-dealkylation sites (tertiary alicyclic amines) is 1. The number of nitrogens with zero attached hydrogens (tertiary/aromatic N) is 1. The van der Waals surface area contributed by atoms with E-state index in [1.807, 2.05) is 18.7 Å². The first kappa shape index (κ1) is 18.4. The fourth-order valence-electron chi connectivity index (χ4n) is 4.15. The summed E-state index contributed by atoms with van der Waals surface area (Å²) in [6, 6.07) is 0. The highest BCUT2D eigenvalue weighted by Gasteiger charge is 2.47. The first-order valence-corrected chi connectivity index (χ1v) is 9.89. The highest BCUT2D eigenvalue weighted by Crippen LogP contribution is 2.41. The first-order valence-electron chi connectivity index (χ1n) is 9.89. The summed E-state index contributed by atoms with van der Waals surface area (Å²) < 4.78 is 6.11. The van der Waals surface area contributed by atoms with Gasteiger partial charge in [-0.2, -0.15) is 0 Å². The third-order valence-corrected chi connectivity index (χ3v) is 5.84. The highest BCUT2D eigenvalue weighted by molar-refractivity contribution is 5.79. The van der Waals surface area contributed by atoms with E-state index in [9.17, 15) is 9.59 Å². The molecule has 0 saturated carbocycles. The molecule has 0 aromatic rings. The molecule has 25 heavy (non-hydrogen) atoms. The number of rotatable bonds is 5. The number of amides is 2. The van der Waals surface area contributed by atoms with E-state index in [0.717, 1.165) is 45.2 Å².